The summed E-state index contributed by atoms with van der Waals surface area (Å²) in [5, 5.41) is 2.49. The van der Waals surface area contributed by atoms with Crippen molar-refractivity contribution in [3.05, 3.63) is 34.4 Å². The summed E-state index contributed by atoms with van der Waals surface area (Å²) in [6.07, 6.45) is 2.46. The molecule has 0 saturated heterocycles. The maximum atomic E-state index is 13.0. The van der Waals surface area contributed by atoms with E-state index in [0.717, 1.165) is 17.4 Å². The molecule has 1 aromatic carbocycles. The molecule has 1 aliphatic rings. The predicted octanol–water partition coefficient (Wildman–Crippen LogP) is 0.179. The van der Waals surface area contributed by atoms with E-state index in [4.69, 9.17) is 0 Å². The van der Waals surface area contributed by atoms with Gasteiger partial charge in [0.2, 0.25) is 5.91 Å². The van der Waals surface area contributed by atoms with Crippen LogP contribution in [0.3, 0.4) is 0 Å². The predicted molar refractivity (Wildman–Crippen MR) is 97.3 cm³/mol. The molecule has 1 heterocycles. The first-order chi connectivity index (χ1) is 13.0. The topological polar surface area (TPSA) is 104 Å². The molecule has 0 saturated carbocycles. The van der Waals surface area contributed by atoms with Gasteiger partial charge in [0.25, 0.3) is 5.91 Å². The van der Waals surface area contributed by atoms with E-state index in [1.807, 2.05) is 4.90 Å². The van der Waals surface area contributed by atoms with E-state index >= 15 is 0 Å². The van der Waals surface area contributed by atoms with Crippen LogP contribution in [0.4, 0.5) is 0 Å². The number of aldehydes is 3. The van der Waals surface area contributed by atoms with E-state index in [1.165, 1.54) is 19.0 Å². The van der Waals surface area contributed by atoms with Crippen molar-refractivity contribution >= 4 is 30.7 Å². The van der Waals surface area contributed by atoms with Gasteiger partial charge in [0.1, 0.15) is 18.6 Å². The molecule has 0 bridgehead atoms. The number of carbonyl (C=O) groups excluding carboxylic acids is 5. The Morgan fingerprint density at radius 2 is 1.85 bits per heavy atom. The van der Waals surface area contributed by atoms with Gasteiger partial charge >= 0.3 is 0 Å². The van der Waals surface area contributed by atoms with Gasteiger partial charge in [-0.05, 0) is 29.7 Å². The number of fused-ring (bicyclic) bond motifs is 1. The third-order valence-corrected chi connectivity index (χ3v) is 4.74. The monoisotopic (exact) mass is 373 g/mol. The van der Waals surface area contributed by atoms with Crippen molar-refractivity contribution in [2.24, 2.45) is 0 Å². The quantitative estimate of drug-likeness (QED) is 0.619. The smallest absolute Gasteiger partial charge is 0.255 e. The molecule has 1 atom stereocenters. The molecule has 8 nitrogen and oxygen atoms in total. The van der Waals surface area contributed by atoms with E-state index in [2.05, 4.69) is 5.32 Å². The van der Waals surface area contributed by atoms with Gasteiger partial charge in [-0.3, -0.25) is 19.3 Å². The zero-order chi connectivity index (χ0) is 20.0. The summed E-state index contributed by atoms with van der Waals surface area (Å²) >= 11 is 0. The highest BCUT2D eigenvalue weighted by molar-refractivity contribution is 6.03. The summed E-state index contributed by atoms with van der Waals surface area (Å²) in [7, 11) is 2.94. The molecule has 0 aromatic heterocycles. The fourth-order valence-electron chi connectivity index (χ4n) is 3.28. The number of carbonyl (C=O) groups is 5. The number of nitrogens with zero attached hydrogens (tertiary/aromatic N) is 2. The second-order valence-corrected chi connectivity index (χ2v) is 6.45. The normalized spacial score (nSPS) is 14.1. The van der Waals surface area contributed by atoms with Gasteiger partial charge in [0, 0.05) is 39.2 Å². The molecule has 0 spiro atoms. The van der Waals surface area contributed by atoms with Crippen LogP contribution in [0.5, 0.6) is 0 Å². The van der Waals surface area contributed by atoms with Crippen LogP contribution >= 0.6 is 0 Å². The van der Waals surface area contributed by atoms with Crippen LogP contribution in [-0.4, -0.2) is 67.2 Å². The molecule has 2 rings (SSSR count). The second-order valence-electron chi connectivity index (χ2n) is 6.45. The summed E-state index contributed by atoms with van der Waals surface area (Å²) in [6, 6.07) is 2.50. The molecular weight excluding hydrogens is 350 g/mol. The van der Waals surface area contributed by atoms with Gasteiger partial charge in [0.05, 0.1) is 12.1 Å². The van der Waals surface area contributed by atoms with E-state index in [9.17, 15) is 24.0 Å². The molecule has 1 aliphatic heterocycles. The molecule has 0 aliphatic carbocycles. The minimum Gasteiger partial charge on any atom is -0.357 e. The Kier molecular flexibility index (Phi) is 6.95. The number of nitrogens with one attached hydrogen (secondary N) is 1. The lowest BCUT2D eigenvalue weighted by atomic mass is 9.99. The van der Waals surface area contributed by atoms with Gasteiger partial charge in [-0.2, -0.15) is 0 Å². The van der Waals surface area contributed by atoms with Gasteiger partial charge in [0.15, 0.2) is 6.29 Å². The van der Waals surface area contributed by atoms with E-state index in [1.54, 1.807) is 12.1 Å². The largest absolute Gasteiger partial charge is 0.357 e. The molecule has 2 amide bonds. The maximum absolute atomic E-state index is 13.0. The van der Waals surface area contributed by atoms with Gasteiger partial charge < -0.3 is 19.8 Å². The van der Waals surface area contributed by atoms with Gasteiger partial charge in [-0.15, -0.1) is 0 Å². The Morgan fingerprint density at radius 1 is 1.19 bits per heavy atom. The minimum atomic E-state index is -0.813. The number of amides is 2. The summed E-state index contributed by atoms with van der Waals surface area (Å²) in [6.45, 7) is 1.33. The molecule has 0 radical (unpaired) electrons. The van der Waals surface area contributed by atoms with Crippen molar-refractivity contribution < 1.29 is 24.0 Å². The molecule has 144 valence electrons. The second kappa shape index (κ2) is 9.18. The van der Waals surface area contributed by atoms with Crippen molar-refractivity contribution in [3.63, 3.8) is 0 Å². The van der Waals surface area contributed by atoms with Crippen molar-refractivity contribution in [2.75, 3.05) is 20.6 Å². The van der Waals surface area contributed by atoms with Crippen LogP contribution in [0.25, 0.3) is 0 Å². The lowest BCUT2D eigenvalue weighted by Crippen LogP contribution is -2.47. The van der Waals surface area contributed by atoms with Crippen molar-refractivity contribution in [2.45, 2.75) is 32.0 Å². The Balaban J connectivity index is 2.33. The number of hydrogen-bond donors (Lipinski definition) is 1. The average molecular weight is 373 g/mol. The number of rotatable bonds is 9. The third-order valence-electron chi connectivity index (χ3n) is 4.74. The fraction of sp³-hybridized carbons (Fsp3) is 0.421. The molecule has 1 unspecified atom stereocenters. The Morgan fingerprint density at radius 3 is 2.41 bits per heavy atom. The Labute approximate surface area is 157 Å². The molecular formula is C19H23N3O5. The SMILES string of the molecule is CNC(=O)C(CCC=O)N(C)C(=O)c1cc2c(cc1C=O)CN(CC=O)C2. The molecule has 8 heteroatoms. The molecule has 1 aromatic rings. The number of benzene rings is 1. The van der Waals surface area contributed by atoms with Crippen LogP contribution < -0.4 is 5.32 Å². The highest BCUT2D eigenvalue weighted by Gasteiger charge is 2.29. The Hall–Kier alpha value is -2.87. The first-order valence-corrected chi connectivity index (χ1v) is 8.66. The summed E-state index contributed by atoms with van der Waals surface area (Å²) in [5.41, 5.74) is 2.23. The average Bonchev–Trinajstić information content (AvgIpc) is 3.07. The standard InChI is InChI=1S/C19H23N3O5/c1-20-18(26)17(4-3-6-23)21(2)19(27)16-9-14-11-22(5-7-24)10-13(14)8-15(16)12-25/h6-9,12,17H,3-5,10-11H2,1-2H3,(H,20,26). The maximum Gasteiger partial charge on any atom is 0.255 e. The number of likely N-dealkylation sites (N-methyl/N-ethyl adjacent to an activating group) is 2. The van der Waals surface area contributed by atoms with E-state index < -0.39 is 11.9 Å². The lowest BCUT2D eigenvalue weighted by Gasteiger charge is -2.27. The highest BCUT2D eigenvalue weighted by Crippen LogP contribution is 2.26. The van der Waals surface area contributed by atoms with Crippen molar-refractivity contribution in [1.29, 1.82) is 0 Å². The Bertz CT molecular complexity index is 762. The van der Waals surface area contributed by atoms with E-state index in [-0.39, 0.29) is 36.4 Å². The van der Waals surface area contributed by atoms with Crippen LogP contribution in [-0.2, 0) is 27.5 Å². The summed E-state index contributed by atoms with van der Waals surface area (Å²) in [5.74, 6) is -0.841. The van der Waals surface area contributed by atoms with Crippen LogP contribution in [0.2, 0.25) is 0 Å². The lowest BCUT2D eigenvalue weighted by molar-refractivity contribution is -0.125. The van der Waals surface area contributed by atoms with Gasteiger partial charge in [-0.1, -0.05) is 0 Å². The van der Waals surface area contributed by atoms with Crippen molar-refractivity contribution in [1.82, 2.24) is 15.1 Å². The number of hydrogen-bond acceptors (Lipinski definition) is 6. The molecule has 0 fully saturated rings. The van der Waals surface area contributed by atoms with E-state index in [0.29, 0.717) is 25.7 Å². The zero-order valence-corrected chi connectivity index (χ0v) is 15.4. The van der Waals surface area contributed by atoms with Crippen LogP contribution in [0.1, 0.15) is 44.7 Å². The third kappa shape index (κ3) is 4.46. The summed E-state index contributed by atoms with van der Waals surface area (Å²) < 4.78 is 0. The van der Waals surface area contributed by atoms with Crippen molar-refractivity contribution in [3.8, 4) is 0 Å². The first kappa shape index (κ1) is 20.4. The molecule has 1 N–H and O–H groups in total. The molecule has 27 heavy (non-hydrogen) atoms. The van der Waals surface area contributed by atoms with Gasteiger partial charge in [-0.25, -0.2) is 0 Å². The van der Waals surface area contributed by atoms with Crippen LogP contribution in [0.15, 0.2) is 12.1 Å². The zero-order valence-electron chi connectivity index (χ0n) is 15.4. The minimum absolute atomic E-state index is 0.140. The first-order valence-electron chi connectivity index (χ1n) is 8.66. The summed E-state index contributed by atoms with van der Waals surface area (Å²) in [4.78, 5) is 61.2. The highest BCUT2D eigenvalue weighted by atomic mass is 16.2. The van der Waals surface area contributed by atoms with Crippen LogP contribution in [0, 0.1) is 0 Å². The fourth-order valence-corrected chi connectivity index (χ4v) is 3.28.